The monoisotopic (exact) mass is 460 g/mol. The number of likely N-dealkylation sites (N-methyl/N-ethyl adjacent to an activating group) is 1. The van der Waals surface area contributed by atoms with Gasteiger partial charge in [0.1, 0.15) is 23.0 Å². The van der Waals surface area contributed by atoms with Crippen molar-refractivity contribution in [2.24, 2.45) is 0 Å². The quantitative estimate of drug-likeness (QED) is 0.600. The number of sulfonamides is 1. The number of rotatable bonds is 8. The Morgan fingerprint density at radius 2 is 1.69 bits per heavy atom. The second-order valence-corrected chi connectivity index (χ2v) is 9.98. The summed E-state index contributed by atoms with van der Waals surface area (Å²) >= 11 is 0. The second-order valence-electron chi connectivity index (χ2n) is 8.07. The number of hydrogen-bond donors (Lipinski definition) is 0. The summed E-state index contributed by atoms with van der Waals surface area (Å²) in [5, 5.41) is 0. The Morgan fingerprint density at radius 3 is 2.31 bits per heavy atom. The number of carbonyl (C=O) groups excluding carboxylic acids is 1. The molecule has 0 spiro atoms. The summed E-state index contributed by atoms with van der Waals surface area (Å²) in [7, 11) is -0.642. The number of nitrogens with zero attached hydrogens (tertiary/aromatic N) is 2. The number of hydrogen-bond acceptors (Lipinski definition) is 5. The lowest BCUT2D eigenvalue weighted by molar-refractivity contribution is 0.0773. The van der Waals surface area contributed by atoms with E-state index in [0.29, 0.717) is 31.8 Å². The number of carbonyl (C=O) groups is 1. The minimum Gasteiger partial charge on any atom is -0.495 e. The Labute approximate surface area is 191 Å². The SMILES string of the molecule is COc1ccc(C(=O)N(C)CCOc2ccc(C)cc2)cc1S(=O)(=O)N1CCCCCC1. The van der Waals surface area contributed by atoms with E-state index in [1.54, 1.807) is 19.2 Å². The molecule has 0 unspecified atom stereocenters. The topological polar surface area (TPSA) is 76.1 Å². The van der Waals surface area contributed by atoms with Gasteiger partial charge < -0.3 is 14.4 Å². The molecule has 8 heteroatoms. The van der Waals surface area contributed by atoms with Crippen LogP contribution in [0.15, 0.2) is 47.4 Å². The van der Waals surface area contributed by atoms with E-state index in [2.05, 4.69) is 0 Å². The van der Waals surface area contributed by atoms with Crippen LogP contribution in [0.1, 0.15) is 41.6 Å². The summed E-state index contributed by atoms with van der Waals surface area (Å²) in [6.07, 6.45) is 3.72. The van der Waals surface area contributed by atoms with E-state index < -0.39 is 10.0 Å². The zero-order chi connectivity index (χ0) is 23.1. The highest BCUT2D eigenvalue weighted by Crippen LogP contribution is 2.29. The Kier molecular flexibility index (Phi) is 8.15. The summed E-state index contributed by atoms with van der Waals surface area (Å²) in [6, 6.07) is 12.3. The molecule has 7 nitrogen and oxygen atoms in total. The number of aryl methyl sites for hydroxylation is 1. The third kappa shape index (κ3) is 5.81. The highest BCUT2D eigenvalue weighted by molar-refractivity contribution is 7.89. The van der Waals surface area contributed by atoms with Gasteiger partial charge in [-0.25, -0.2) is 8.42 Å². The Balaban J connectivity index is 1.72. The van der Waals surface area contributed by atoms with Crippen LogP contribution in [0.4, 0.5) is 0 Å². The molecule has 1 aliphatic rings. The van der Waals surface area contributed by atoms with E-state index in [0.717, 1.165) is 37.0 Å². The van der Waals surface area contributed by atoms with Crippen LogP contribution in [0.2, 0.25) is 0 Å². The maximum atomic E-state index is 13.3. The van der Waals surface area contributed by atoms with Crippen LogP contribution in [-0.2, 0) is 10.0 Å². The van der Waals surface area contributed by atoms with Crippen molar-refractivity contribution in [2.75, 3.05) is 40.4 Å². The van der Waals surface area contributed by atoms with Gasteiger partial charge in [0.15, 0.2) is 0 Å². The molecule has 2 aromatic carbocycles. The highest BCUT2D eigenvalue weighted by Gasteiger charge is 2.29. The van der Waals surface area contributed by atoms with Crippen LogP contribution in [0.25, 0.3) is 0 Å². The number of ether oxygens (including phenoxy) is 2. The molecule has 1 heterocycles. The largest absolute Gasteiger partial charge is 0.495 e. The van der Waals surface area contributed by atoms with Gasteiger partial charge >= 0.3 is 0 Å². The molecule has 2 aromatic rings. The average Bonchev–Trinajstić information content (AvgIpc) is 3.09. The van der Waals surface area contributed by atoms with Gasteiger partial charge in [0.25, 0.3) is 5.91 Å². The first kappa shape index (κ1) is 24.1. The van der Waals surface area contributed by atoms with E-state index in [1.165, 1.54) is 22.4 Å². The predicted molar refractivity (Wildman–Crippen MR) is 124 cm³/mol. The van der Waals surface area contributed by atoms with Crippen molar-refractivity contribution >= 4 is 15.9 Å². The fourth-order valence-corrected chi connectivity index (χ4v) is 5.39. The van der Waals surface area contributed by atoms with Crippen LogP contribution in [0, 0.1) is 6.92 Å². The molecule has 0 radical (unpaired) electrons. The van der Waals surface area contributed by atoms with E-state index >= 15 is 0 Å². The van der Waals surface area contributed by atoms with Crippen LogP contribution >= 0.6 is 0 Å². The third-order valence-corrected chi connectivity index (χ3v) is 7.58. The minimum absolute atomic E-state index is 0.0389. The van der Waals surface area contributed by atoms with Crippen molar-refractivity contribution in [2.45, 2.75) is 37.5 Å². The molecule has 0 aromatic heterocycles. The van der Waals surface area contributed by atoms with Crippen molar-refractivity contribution in [3.63, 3.8) is 0 Å². The number of benzene rings is 2. The van der Waals surface area contributed by atoms with Crippen molar-refractivity contribution < 1.29 is 22.7 Å². The van der Waals surface area contributed by atoms with Gasteiger partial charge in [-0.15, -0.1) is 0 Å². The Bertz CT molecular complexity index is 1010. The molecule has 1 aliphatic heterocycles. The first-order valence-corrected chi connectivity index (χ1v) is 12.4. The molecule has 174 valence electrons. The smallest absolute Gasteiger partial charge is 0.253 e. The molecule has 32 heavy (non-hydrogen) atoms. The molecule has 1 amide bonds. The maximum absolute atomic E-state index is 13.3. The number of methoxy groups -OCH3 is 1. The molecule has 0 bridgehead atoms. The molecule has 0 saturated carbocycles. The molecule has 0 aliphatic carbocycles. The lowest BCUT2D eigenvalue weighted by Gasteiger charge is -2.22. The zero-order valence-electron chi connectivity index (χ0n) is 19.0. The van der Waals surface area contributed by atoms with Gasteiger partial charge in [0.05, 0.1) is 13.7 Å². The number of amides is 1. The Morgan fingerprint density at radius 1 is 1.03 bits per heavy atom. The lowest BCUT2D eigenvalue weighted by atomic mass is 10.2. The average molecular weight is 461 g/mol. The van der Waals surface area contributed by atoms with Gasteiger partial charge in [-0.05, 0) is 50.1 Å². The van der Waals surface area contributed by atoms with E-state index in [-0.39, 0.29) is 16.6 Å². The molecule has 0 N–H and O–H groups in total. The standard InChI is InChI=1S/C24H32N2O5S/c1-19-8-11-21(12-9-19)31-17-16-25(2)24(27)20-10-13-22(30-3)23(18-20)32(28,29)26-14-6-4-5-7-15-26/h8-13,18H,4-7,14-17H2,1-3H3. The van der Waals surface area contributed by atoms with Gasteiger partial charge in [-0.3, -0.25) is 4.79 Å². The molecule has 3 rings (SSSR count). The van der Waals surface area contributed by atoms with Crippen LogP contribution in [-0.4, -0.2) is 63.9 Å². The van der Waals surface area contributed by atoms with Crippen molar-refractivity contribution in [3.05, 3.63) is 53.6 Å². The molecule has 1 saturated heterocycles. The molecule has 0 atom stereocenters. The lowest BCUT2D eigenvalue weighted by Crippen LogP contribution is -2.33. The third-order valence-electron chi connectivity index (χ3n) is 5.66. The van der Waals surface area contributed by atoms with Gasteiger partial charge in [0.2, 0.25) is 10.0 Å². The first-order valence-electron chi connectivity index (χ1n) is 11.0. The van der Waals surface area contributed by atoms with E-state index in [4.69, 9.17) is 9.47 Å². The van der Waals surface area contributed by atoms with Crippen LogP contribution in [0.5, 0.6) is 11.5 Å². The first-order chi connectivity index (χ1) is 15.3. The fourth-order valence-electron chi connectivity index (χ4n) is 3.69. The Hall–Kier alpha value is -2.58. The van der Waals surface area contributed by atoms with E-state index in [9.17, 15) is 13.2 Å². The van der Waals surface area contributed by atoms with E-state index in [1.807, 2.05) is 31.2 Å². The summed E-state index contributed by atoms with van der Waals surface area (Å²) in [5.41, 5.74) is 1.45. The van der Waals surface area contributed by atoms with Gasteiger partial charge in [-0.2, -0.15) is 4.31 Å². The highest BCUT2D eigenvalue weighted by atomic mass is 32.2. The van der Waals surface area contributed by atoms with Gasteiger partial charge in [-0.1, -0.05) is 30.5 Å². The zero-order valence-corrected chi connectivity index (χ0v) is 19.9. The second kappa shape index (κ2) is 10.8. The van der Waals surface area contributed by atoms with Crippen molar-refractivity contribution in [1.29, 1.82) is 0 Å². The van der Waals surface area contributed by atoms with Crippen molar-refractivity contribution in [1.82, 2.24) is 9.21 Å². The molecular weight excluding hydrogens is 428 g/mol. The summed E-state index contributed by atoms with van der Waals surface area (Å²) < 4.78 is 39.2. The summed E-state index contributed by atoms with van der Waals surface area (Å²) in [4.78, 5) is 14.5. The summed E-state index contributed by atoms with van der Waals surface area (Å²) in [6.45, 7) is 3.68. The van der Waals surface area contributed by atoms with Crippen molar-refractivity contribution in [3.8, 4) is 11.5 Å². The molecular formula is C24H32N2O5S. The normalized spacial score (nSPS) is 15.1. The summed E-state index contributed by atoms with van der Waals surface area (Å²) in [5.74, 6) is 0.718. The minimum atomic E-state index is -3.75. The van der Waals surface area contributed by atoms with Gasteiger partial charge in [0, 0.05) is 25.7 Å². The maximum Gasteiger partial charge on any atom is 0.253 e. The fraction of sp³-hybridized carbons (Fsp3) is 0.458. The van der Waals surface area contributed by atoms with Crippen LogP contribution < -0.4 is 9.47 Å². The predicted octanol–water partition coefficient (Wildman–Crippen LogP) is 3.72. The molecule has 1 fully saturated rings. The van der Waals surface area contributed by atoms with Crippen LogP contribution in [0.3, 0.4) is 0 Å².